The minimum absolute atomic E-state index is 0.186. The Balaban J connectivity index is 1.84. The third kappa shape index (κ3) is 9.64. The average Bonchev–Trinajstić information content (AvgIpc) is 2.93. The van der Waals surface area contributed by atoms with Crippen molar-refractivity contribution >= 4 is 40.4 Å². The van der Waals surface area contributed by atoms with Gasteiger partial charge in [-0.25, -0.2) is 4.79 Å². The van der Waals surface area contributed by atoms with Crippen LogP contribution in [0.2, 0.25) is 0 Å². The van der Waals surface area contributed by atoms with E-state index in [4.69, 9.17) is 11.5 Å². The summed E-state index contributed by atoms with van der Waals surface area (Å²) in [5.41, 5.74) is 12.2. The summed E-state index contributed by atoms with van der Waals surface area (Å²) < 4.78 is 0. The second-order valence-electron chi connectivity index (χ2n) is 9.73. The van der Waals surface area contributed by atoms with Crippen LogP contribution in [-0.2, 0) is 25.6 Å². The summed E-state index contributed by atoms with van der Waals surface area (Å²) in [7, 11) is 0. The summed E-state index contributed by atoms with van der Waals surface area (Å²) in [6, 6.07) is 19.0. The van der Waals surface area contributed by atoms with Crippen molar-refractivity contribution in [2.75, 3.05) is 6.54 Å². The third-order valence-corrected chi connectivity index (χ3v) is 6.53. The van der Waals surface area contributed by atoms with Gasteiger partial charge in [-0.2, -0.15) is 0 Å². The van der Waals surface area contributed by atoms with Gasteiger partial charge in [0, 0.05) is 19.9 Å². The van der Waals surface area contributed by atoms with E-state index < -0.39 is 47.8 Å². The molecule has 0 spiro atoms. The van der Waals surface area contributed by atoms with E-state index >= 15 is 0 Å². The van der Waals surface area contributed by atoms with Gasteiger partial charge in [-0.3, -0.25) is 19.2 Å². The van der Waals surface area contributed by atoms with E-state index in [-0.39, 0.29) is 25.8 Å². The molecule has 3 aromatic rings. The smallest absolute Gasteiger partial charge is 0.312 e. The first-order valence-electron chi connectivity index (χ1n) is 13.3. The highest BCUT2D eigenvalue weighted by molar-refractivity contribution is 5.91. The summed E-state index contributed by atoms with van der Waals surface area (Å²) in [5, 5.41) is 12.5. The van der Waals surface area contributed by atoms with E-state index in [1.807, 2.05) is 72.8 Å². The van der Waals surface area contributed by atoms with Crippen molar-refractivity contribution in [3.63, 3.8) is 0 Å². The van der Waals surface area contributed by atoms with Crippen LogP contribution >= 0.6 is 0 Å². The van der Waals surface area contributed by atoms with Crippen LogP contribution in [0, 0.1) is 0 Å². The maximum atomic E-state index is 13.4. The van der Waals surface area contributed by atoms with E-state index in [2.05, 4.69) is 21.3 Å². The van der Waals surface area contributed by atoms with E-state index in [1.54, 1.807) is 0 Å². The number of fused-ring (bicyclic) bond motifs is 1. The summed E-state index contributed by atoms with van der Waals surface area (Å²) in [4.78, 5) is 61.7. The van der Waals surface area contributed by atoms with Crippen molar-refractivity contribution in [2.24, 2.45) is 11.5 Å². The van der Waals surface area contributed by atoms with Crippen LogP contribution in [0.5, 0.6) is 0 Å². The van der Waals surface area contributed by atoms with Crippen molar-refractivity contribution in [1.29, 1.82) is 0 Å². The fourth-order valence-electron chi connectivity index (χ4n) is 4.61. The van der Waals surface area contributed by atoms with Crippen LogP contribution in [0.1, 0.15) is 43.4 Å². The molecule has 0 bridgehead atoms. The van der Waals surface area contributed by atoms with Crippen molar-refractivity contribution in [3.8, 4) is 0 Å². The minimum Gasteiger partial charge on any atom is -0.368 e. The molecule has 0 radical (unpaired) electrons. The zero-order valence-electron chi connectivity index (χ0n) is 22.9. The molecule has 3 rings (SSSR count). The van der Waals surface area contributed by atoms with Gasteiger partial charge >= 0.3 is 6.03 Å². The highest BCUT2D eigenvalue weighted by atomic mass is 16.2. The second kappa shape index (κ2) is 15.0. The van der Waals surface area contributed by atoms with Crippen LogP contribution in [0.15, 0.2) is 72.8 Å². The quantitative estimate of drug-likeness (QED) is 0.163. The molecule has 3 aromatic carbocycles. The highest BCUT2D eigenvalue weighted by Crippen LogP contribution is 2.27. The summed E-state index contributed by atoms with van der Waals surface area (Å²) in [5.74, 6) is -2.06. The largest absolute Gasteiger partial charge is 0.368 e. The first-order valence-corrected chi connectivity index (χ1v) is 13.3. The number of amides is 6. The first-order chi connectivity index (χ1) is 19.6. The Morgan fingerprint density at radius 3 is 2.15 bits per heavy atom. The van der Waals surface area contributed by atoms with Crippen LogP contribution in [0.3, 0.4) is 0 Å². The fourth-order valence-corrected chi connectivity index (χ4v) is 4.61. The Kier molecular flexibility index (Phi) is 11.2. The lowest BCUT2D eigenvalue weighted by molar-refractivity contribution is -0.130. The molecule has 0 aliphatic carbocycles. The summed E-state index contributed by atoms with van der Waals surface area (Å²) >= 11 is 0. The van der Waals surface area contributed by atoms with Gasteiger partial charge < -0.3 is 32.7 Å². The van der Waals surface area contributed by atoms with Crippen LogP contribution in [0.4, 0.5) is 4.79 Å². The Labute approximate surface area is 238 Å². The van der Waals surface area contributed by atoms with Gasteiger partial charge in [-0.15, -0.1) is 0 Å². The highest BCUT2D eigenvalue weighted by Gasteiger charge is 2.27. The molecule has 216 valence electrons. The molecular weight excluding hydrogens is 524 g/mol. The fraction of sp³-hybridized carbons (Fsp3) is 0.300. The van der Waals surface area contributed by atoms with Gasteiger partial charge in [0.1, 0.15) is 12.1 Å². The number of hydrogen-bond acceptors (Lipinski definition) is 5. The summed E-state index contributed by atoms with van der Waals surface area (Å²) in [6.45, 7) is 1.53. The van der Waals surface area contributed by atoms with E-state index in [9.17, 15) is 24.0 Å². The van der Waals surface area contributed by atoms with Gasteiger partial charge in [-0.05, 0) is 34.7 Å². The lowest BCUT2D eigenvalue weighted by Crippen LogP contribution is -2.49. The number of rotatable bonds is 14. The molecule has 0 saturated carbocycles. The van der Waals surface area contributed by atoms with Crippen LogP contribution in [0.25, 0.3) is 10.8 Å². The zero-order valence-corrected chi connectivity index (χ0v) is 22.9. The van der Waals surface area contributed by atoms with Gasteiger partial charge in [0.25, 0.3) is 0 Å². The predicted molar refractivity (Wildman–Crippen MR) is 155 cm³/mol. The Morgan fingerprint density at radius 2 is 1.46 bits per heavy atom. The van der Waals surface area contributed by atoms with Crippen molar-refractivity contribution in [2.45, 2.75) is 50.7 Å². The average molecular weight is 561 g/mol. The van der Waals surface area contributed by atoms with E-state index in [1.165, 1.54) is 6.92 Å². The van der Waals surface area contributed by atoms with Gasteiger partial charge in [0.2, 0.25) is 23.6 Å². The molecule has 0 heterocycles. The van der Waals surface area contributed by atoms with Gasteiger partial charge in [0.15, 0.2) is 0 Å². The molecule has 0 unspecified atom stereocenters. The molecule has 3 atom stereocenters. The number of urea groups is 1. The summed E-state index contributed by atoms with van der Waals surface area (Å²) in [6.07, 6.45) is 0.632. The molecule has 0 saturated heterocycles. The van der Waals surface area contributed by atoms with Crippen molar-refractivity contribution in [3.05, 3.63) is 83.9 Å². The van der Waals surface area contributed by atoms with Crippen molar-refractivity contribution in [1.82, 2.24) is 21.3 Å². The Bertz CT molecular complexity index is 1370. The maximum absolute atomic E-state index is 13.4. The van der Waals surface area contributed by atoms with Gasteiger partial charge in [0.05, 0.1) is 12.5 Å². The zero-order chi connectivity index (χ0) is 29.8. The number of nitrogens with one attached hydrogen (secondary N) is 4. The molecule has 41 heavy (non-hydrogen) atoms. The Hall–Kier alpha value is -4.93. The standard InChI is InChI=1S/C30H36N6O5/c1-19(37)34-24(15-8-16-33-30(32)41)29(40)36-25(23-14-7-12-21-11-5-6-13-22(21)23)18-27(38)35-26(28(31)39)17-20-9-3-2-4-10-20/h2-7,9-14,24-26H,8,15-18H2,1H3,(H2,31,39)(H,34,37)(H,35,38)(H,36,40)(H3,32,33,41)/t24-,25+,26-/m0/s1. The molecule has 8 N–H and O–H groups in total. The first kappa shape index (κ1) is 30.6. The van der Waals surface area contributed by atoms with Crippen LogP contribution in [-0.4, -0.2) is 48.3 Å². The number of hydrogen-bond donors (Lipinski definition) is 6. The molecule has 0 fully saturated rings. The number of primary amides is 2. The number of benzene rings is 3. The van der Waals surface area contributed by atoms with E-state index in [0.717, 1.165) is 16.3 Å². The second-order valence-corrected chi connectivity index (χ2v) is 9.73. The monoisotopic (exact) mass is 560 g/mol. The lowest BCUT2D eigenvalue weighted by Gasteiger charge is -2.25. The molecule has 0 aliphatic rings. The van der Waals surface area contributed by atoms with Gasteiger partial charge in [-0.1, -0.05) is 72.8 Å². The van der Waals surface area contributed by atoms with E-state index in [0.29, 0.717) is 12.0 Å². The SMILES string of the molecule is CC(=O)N[C@@H](CCCNC(N)=O)C(=O)N[C@H](CC(=O)N[C@@H](Cc1ccccc1)C(N)=O)c1cccc2ccccc12. The molecule has 11 heteroatoms. The third-order valence-electron chi connectivity index (χ3n) is 6.53. The van der Waals surface area contributed by atoms with Crippen LogP contribution < -0.4 is 32.7 Å². The molecule has 11 nitrogen and oxygen atoms in total. The maximum Gasteiger partial charge on any atom is 0.312 e. The molecular formula is C30H36N6O5. The lowest BCUT2D eigenvalue weighted by atomic mass is 9.95. The number of nitrogens with two attached hydrogens (primary N) is 2. The normalized spacial score (nSPS) is 12.9. The topological polar surface area (TPSA) is 186 Å². The number of carbonyl (C=O) groups excluding carboxylic acids is 5. The molecule has 0 aromatic heterocycles. The molecule has 6 amide bonds. The Morgan fingerprint density at radius 1 is 0.780 bits per heavy atom. The number of carbonyl (C=O) groups is 5. The molecule has 0 aliphatic heterocycles. The minimum atomic E-state index is -0.946. The van der Waals surface area contributed by atoms with Crippen molar-refractivity contribution < 1.29 is 24.0 Å². The predicted octanol–water partition coefficient (Wildman–Crippen LogP) is 1.55.